The molecule has 0 amide bonds. The van der Waals surface area contributed by atoms with Crippen LogP contribution in [0.1, 0.15) is 44.3 Å². The van der Waals surface area contributed by atoms with Crippen LogP contribution in [0.3, 0.4) is 0 Å². The van der Waals surface area contributed by atoms with Crippen LogP contribution >= 0.6 is 0 Å². The topological polar surface area (TPSA) is 29.9 Å². The van der Waals surface area contributed by atoms with Gasteiger partial charge in [0, 0.05) is 18.8 Å². The van der Waals surface area contributed by atoms with Gasteiger partial charge in [-0.2, -0.15) is 0 Å². The van der Waals surface area contributed by atoms with Crippen molar-refractivity contribution in [3.63, 3.8) is 0 Å². The van der Waals surface area contributed by atoms with Gasteiger partial charge in [-0.05, 0) is 25.7 Å². The standard InChI is InChI=1S/C14H23N3/c1-4-8-15-14-16-11(3)10-17(14)13(5-2)9-12-6-7-12/h4,10,12-13H,1,5-9H2,2-3H3,(H,15,16). The quantitative estimate of drug-likeness (QED) is 0.730. The summed E-state index contributed by atoms with van der Waals surface area (Å²) in [5, 5.41) is 3.33. The lowest BCUT2D eigenvalue weighted by Gasteiger charge is -2.19. The van der Waals surface area contributed by atoms with Gasteiger partial charge in [0.15, 0.2) is 0 Å². The van der Waals surface area contributed by atoms with E-state index < -0.39 is 0 Å². The summed E-state index contributed by atoms with van der Waals surface area (Å²) in [5.74, 6) is 1.95. The number of aryl methyl sites for hydroxylation is 1. The first-order valence-corrected chi connectivity index (χ1v) is 6.64. The van der Waals surface area contributed by atoms with E-state index in [2.05, 4.69) is 41.5 Å². The lowest BCUT2D eigenvalue weighted by atomic mass is 10.1. The minimum absolute atomic E-state index is 0.594. The third-order valence-electron chi connectivity index (χ3n) is 3.42. The monoisotopic (exact) mass is 233 g/mol. The van der Waals surface area contributed by atoms with Gasteiger partial charge in [0.1, 0.15) is 0 Å². The summed E-state index contributed by atoms with van der Waals surface area (Å²) in [5.41, 5.74) is 1.09. The molecule has 0 bridgehead atoms. The second-order valence-electron chi connectivity index (χ2n) is 5.02. The summed E-state index contributed by atoms with van der Waals surface area (Å²) in [4.78, 5) is 4.55. The van der Waals surface area contributed by atoms with E-state index in [4.69, 9.17) is 0 Å². The molecule has 2 rings (SSSR count). The van der Waals surface area contributed by atoms with Crippen LogP contribution in [-0.2, 0) is 0 Å². The molecule has 1 heterocycles. The van der Waals surface area contributed by atoms with Gasteiger partial charge < -0.3 is 9.88 Å². The molecule has 1 aliphatic rings. The molecular weight excluding hydrogens is 210 g/mol. The zero-order valence-corrected chi connectivity index (χ0v) is 10.9. The Morgan fingerprint density at radius 1 is 1.65 bits per heavy atom. The Morgan fingerprint density at radius 2 is 2.41 bits per heavy atom. The van der Waals surface area contributed by atoms with Crippen molar-refractivity contribution < 1.29 is 0 Å². The van der Waals surface area contributed by atoms with Gasteiger partial charge in [0.2, 0.25) is 5.95 Å². The summed E-state index contributed by atoms with van der Waals surface area (Å²) in [6.07, 6.45) is 9.35. The maximum atomic E-state index is 4.55. The van der Waals surface area contributed by atoms with Crippen molar-refractivity contribution in [1.29, 1.82) is 0 Å². The van der Waals surface area contributed by atoms with Crippen molar-refractivity contribution in [2.24, 2.45) is 5.92 Å². The Bertz CT molecular complexity index is 377. The van der Waals surface area contributed by atoms with Crippen LogP contribution in [0, 0.1) is 12.8 Å². The number of rotatable bonds is 7. The fourth-order valence-electron chi connectivity index (χ4n) is 2.30. The number of aromatic nitrogens is 2. The van der Waals surface area contributed by atoms with Crippen molar-refractivity contribution in [3.8, 4) is 0 Å². The highest BCUT2D eigenvalue weighted by Crippen LogP contribution is 2.38. The van der Waals surface area contributed by atoms with Crippen molar-refractivity contribution in [1.82, 2.24) is 9.55 Å². The zero-order valence-electron chi connectivity index (χ0n) is 10.9. The van der Waals surface area contributed by atoms with Gasteiger partial charge in [-0.15, -0.1) is 6.58 Å². The molecule has 1 atom stereocenters. The molecule has 1 aliphatic carbocycles. The van der Waals surface area contributed by atoms with E-state index in [-0.39, 0.29) is 0 Å². The average molecular weight is 233 g/mol. The van der Waals surface area contributed by atoms with Crippen LogP contribution in [0.25, 0.3) is 0 Å². The van der Waals surface area contributed by atoms with Crippen LogP contribution in [0.5, 0.6) is 0 Å². The minimum Gasteiger partial charge on any atom is -0.352 e. The number of nitrogens with zero attached hydrogens (tertiary/aromatic N) is 2. The molecule has 1 N–H and O–H groups in total. The Labute approximate surface area is 104 Å². The van der Waals surface area contributed by atoms with E-state index in [1.54, 1.807) is 0 Å². The maximum Gasteiger partial charge on any atom is 0.203 e. The van der Waals surface area contributed by atoms with E-state index in [0.29, 0.717) is 6.04 Å². The lowest BCUT2D eigenvalue weighted by molar-refractivity contribution is 0.432. The smallest absolute Gasteiger partial charge is 0.203 e. The van der Waals surface area contributed by atoms with Crippen LogP contribution in [-0.4, -0.2) is 16.1 Å². The van der Waals surface area contributed by atoms with E-state index >= 15 is 0 Å². The first-order chi connectivity index (χ1) is 8.24. The Kier molecular flexibility index (Phi) is 3.87. The predicted molar refractivity (Wildman–Crippen MR) is 72.3 cm³/mol. The molecule has 1 aromatic heterocycles. The molecule has 1 saturated carbocycles. The van der Waals surface area contributed by atoms with Gasteiger partial charge in [-0.3, -0.25) is 0 Å². The Hall–Kier alpha value is -1.25. The average Bonchev–Trinajstić information content (AvgIpc) is 3.06. The maximum absolute atomic E-state index is 4.55. The highest BCUT2D eigenvalue weighted by molar-refractivity contribution is 5.30. The Balaban J connectivity index is 2.11. The molecular formula is C14H23N3. The van der Waals surface area contributed by atoms with Crippen LogP contribution < -0.4 is 5.32 Å². The molecule has 17 heavy (non-hydrogen) atoms. The summed E-state index contributed by atoms with van der Waals surface area (Å²) in [7, 11) is 0. The summed E-state index contributed by atoms with van der Waals surface area (Å²) in [6, 6.07) is 0.594. The summed E-state index contributed by atoms with van der Waals surface area (Å²) < 4.78 is 2.32. The summed E-state index contributed by atoms with van der Waals surface area (Å²) in [6.45, 7) is 8.83. The van der Waals surface area contributed by atoms with Crippen molar-refractivity contribution in [2.45, 2.75) is 45.6 Å². The van der Waals surface area contributed by atoms with Crippen LogP contribution in [0.2, 0.25) is 0 Å². The van der Waals surface area contributed by atoms with Crippen molar-refractivity contribution >= 4 is 5.95 Å². The lowest BCUT2D eigenvalue weighted by Crippen LogP contribution is -2.13. The van der Waals surface area contributed by atoms with Gasteiger partial charge >= 0.3 is 0 Å². The number of hydrogen-bond acceptors (Lipinski definition) is 2. The van der Waals surface area contributed by atoms with Crippen molar-refractivity contribution in [2.75, 3.05) is 11.9 Å². The normalized spacial score (nSPS) is 16.8. The molecule has 1 aromatic rings. The van der Waals surface area contributed by atoms with E-state index in [1.807, 2.05) is 6.08 Å². The highest BCUT2D eigenvalue weighted by atomic mass is 15.2. The molecule has 1 fully saturated rings. The zero-order chi connectivity index (χ0) is 12.3. The van der Waals surface area contributed by atoms with E-state index in [1.165, 1.54) is 25.7 Å². The molecule has 0 radical (unpaired) electrons. The predicted octanol–water partition coefficient (Wildman–Crippen LogP) is 3.54. The SMILES string of the molecule is C=CCNc1nc(C)cn1C(CC)CC1CC1. The number of nitrogens with one attached hydrogen (secondary N) is 1. The van der Waals surface area contributed by atoms with E-state index in [9.17, 15) is 0 Å². The third kappa shape index (κ3) is 3.11. The molecule has 94 valence electrons. The molecule has 0 spiro atoms. The molecule has 3 heteroatoms. The number of anilines is 1. The van der Waals surface area contributed by atoms with Crippen molar-refractivity contribution in [3.05, 3.63) is 24.5 Å². The second-order valence-corrected chi connectivity index (χ2v) is 5.02. The van der Waals surface area contributed by atoms with Crippen LogP contribution in [0.15, 0.2) is 18.9 Å². The van der Waals surface area contributed by atoms with Gasteiger partial charge in [0.25, 0.3) is 0 Å². The number of hydrogen-bond donors (Lipinski definition) is 1. The van der Waals surface area contributed by atoms with Crippen LogP contribution in [0.4, 0.5) is 5.95 Å². The Morgan fingerprint density at radius 3 is 3.00 bits per heavy atom. The fraction of sp³-hybridized carbons (Fsp3) is 0.643. The van der Waals surface area contributed by atoms with Gasteiger partial charge in [-0.25, -0.2) is 4.98 Å². The molecule has 3 nitrogen and oxygen atoms in total. The molecule has 0 aliphatic heterocycles. The second kappa shape index (κ2) is 5.39. The first-order valence-electron chi connectivity index (χ1n) is 6.64. The molecule has 1 unspecified atom stereocenters. The minimum atomic E-state index is 0.594. The number of imidazole rings is 1. The molecule has 0 aromatic carbocycles. The van der Waals surface area contributed by atoms with E-state index in [0.717, 1.165) is 24.1 Å². The van der Waals surface area contributed by atoms with Gasteiger partial charge in [-0.1, -0.05) is 25.8 Å². The highest BCUT2D eigenvalue weighted by Gasteiger charge is 2.26. The van der Waals surface area contributed by atoms with Gasteiger partial charge in [0.05, 0.1) is 5.69 Å². The fourth-order valence-corrected chi connectivity index (χ4v) is 2.30. The molecule has 0 saturated heterocycles. The largest absolute Gasteiger partial charge is 0.352 e. The summed E-state index contributed by atoms with van der Waals surface area (Å²) >= 11 is 0. The third-order valence-corrected chi connectivity index (χ3v) is 3.42. The first kappa shape index (κ1) is 12.2.